The minimum atomic E-state index is 0.0627. The molecule has 0 unspecified atom stereocenters. The standard InChI is InChI=1S/C37H24N2O/c40-37-30-11-4-6-12-33(30)38-34-23-27(16-20-31(34)37)26-17-21-36-32(22-26)29-10-5-7-13-35(29)39(36)28-18-14-25(15-19-28)24-8-2-1-3-9-24/h1-23H,(H,38,40). The molecule has 0 spiro atoms. The molecule has 2 aromatic heterocycles. The number of fused-ring (bicyclic) bond motifs is 5. The van der Waals surface area contributed by atoms with Gasteiger partial charge in [0.05, 0.1) is 16.6 Å². The molecule has 6 aromatic carbocycles. The number of hydrogen-bond acceptors (Lipinski definition) is 1. The van der Waals surface area contributed by atoms with Crippen molar-refractivity contribution in [2.75, 3.05) is 0 Å². The van der Waals surface area contributed by atoms with Crippen LogP contribution in [0.3, 0.4) is 0 Å². The summed E-state index contributed by atoms with van der Waals surface area (Å²) < 4.78 is 2.34. The Bertz CT molecular complexity index is 2270. The number of hydrogen-bond donors (Lipinski definition) is 1. The number of aromatic amines is 1. The normalized spacial score (nSPS) is 11.6. The molecule has 0 aliphatic carbocycles. The van der Waals surface area contributed by atoms with Gasteiger partial charge >= 0.3 is 0 Å². The van der Waals surface area contributed by atoms with Crippen LogP contribution >= 0.6 is 0 Å². The van der Waals surface area contributed by atoms with Crippen LogP contribution in [-0.4, -0.2) is 9.55 Å². The van der Waals surface area contributed by atoms with Crippen LogP contribution in [0.2, 0.25) is 0 Å². The van der Waals surface area contributed by atoms with Crippen molar-refractivity contribution in [3.63, 3.8) is 0 Å². The minimum Gasteiger partial charge on any atom is -0.354 e. The van der Waals surface area contributed by atoms with Crippen LogP contribution in [-0.2, 0) is 0 Å². The van der Waals surface area contributed by atoms with Gasteiger partial charge in [-0.2, -0.15) is 0 Å². The van der Waals surface area contributed by atoms with Crippen LogP contribution in [0.1, 0.15) is 0 Å². The van der Waals surface area contributed by atoms with Gasteiger partial charge in [-0.3, -0.25) is 4.79 Å². The molecular weight excluding hydrogens is 488 g/mol. The maximum atomic E-state index is 13.1. The fraction of sp³-hybridized carbons (Fsp3) is 0. The van der Waals surface area contributed by atoms with Gasteiger partial charge in [0.2, 0.25) is 0 Å². The van der Waals surface area contributed by atoms with Gasteiger partial charge in [-0.05, 0) is 76.9 Å². The van der Waals surface area contributed by atoms with Crippen molar-refractivity contribution >= 4 is 43.6 Å². The average molecular weight is 513 g/mol. The van der Waals surface area contributed by atoms with E-state index in [-0.39, 0.29) is 5.43 Å². The molecule has 0 atom stereocenters. The summed E-state index contributed by atoms with van der Waals surface area (Å²) in [4.78, 5) is 16.5. The Kier molecular flexibility index (Phi) is 4.98. The van der Waals surface area contributed by atoms with Crippen molar-refractivity contribution in [2.24, 2.45) is 0 Å². The van der Waals surface area contributed by atoms with Crippen LogP contribution in [0.15, 0.2) is 144 Å². The fourth-order valence-corrected chi connectivity index (χ4v) is 5.97. The third-order valence-corrected chi connectivity index (χ3v) is 7.94. The van der Waals surface area contributed by atoms with Gasteiger partial charge in [0.25, 0.3) is 0 Å². The molecule has 0 amide bonds. The highest BCUT2D eigenvalue weighted by Gasteiger charge is 2.14. The summed E-state index contributed by atoms with van der Waals surface area (Å²) in [5.74, 6) is 0. The molecule has 3 nitrogen and oxygen atoms in total. The molecule has 8 rings (SSSR count). The van der Waals surface area contributed by atoms with E-state index in [0.29, 0.717) is 10.8 Å². The maximum Gasteiger partial charge on any atom is 0.197 e. The van der Waals surface area contributed by atoms with Crippen molar-refractivity contribution in [1.82, 2.24) is 9.55 Å². The number of aromatic nitrogens is 2. The summed E-state index contributed by atoms with van der Waals surface area (Å²) in [6.07, 6.45) is 0. The second-order valence-electron chi connectivity index (χ2n) is 10.3. The topological polar surface area (TPSA) is 37.8 Å². The summed E-state index contributed by atoms with van der Waals surface area (Å²) in [6, 6.07) is 48.3. The molecule has 0 saturated heterocycles. The van der Waals surface area contributed by atoms with Crippen molar-refractivity contribution < 1.29 is 0 Å². The molecule has 3 heteroatoms. The van der Waals surface area contributed by atoms with E-state index in [1.165, 1.54) is 27.4 Å². The fourth-order valence-electron chi connectivity index (χ4n) is 5.97. The van der Waals surface area contributed by atoms with E-state index in [9.17, 15) is 4.79 Å². The molecule has 0 radical (unpaired) electrons. The van der Waals surface area contributed by atoms with Crippen molar-refractivity contribution in [1.29, 1.82) is 0 Å². The molecule has 0 aliphatic rings. The van der Waals surface area contributed by atoms with E-state index < -0.39 is 0 Å². The van der Waals surface area contributed by atoms with Gasteiger partial charge in [0.1, 0.15) is 0 Å². The van der Waals surface area contributed by atoms with E-state index in [2.05, 4.69) is 113 Å². The average Bonchev–Trinajstić information content (AvgIpc) is 3.35. The van der Waals surface area contributed by atoms with Crippen LogP contribution in [0.4, 0.5) is 0 Å². The lowest BCUT2D eigenvalue weighted by molar-refractivity contribution is 1.18. The van der Waals surface area contributed by atoms with Crippen molar-refractivity contribution in [3.8, 4) is 27.9 Å². The first kappa shape index (κ1) is 22.6. The second kappa shape index (κ2) is 8.82. The molecule has 0 saturated carbocycles. The van der Waals surface area contributed by atoms with Gasteiger partial charge in [-0.25, -0.2) is 0 Å². The Labute approximate surface area is 230 Å². The van der Waals surface area contributed by atoms with E-state index in [4.69, 9.17) is 0 Å². The Morgan fingerprint density at radius 2 is 1.02 bits per heavy atom. The number of nitrogens with one attached hydrogen (secondary N) is 1. The van der Waals surface area contributed by atoms with Crippen LogP contribution in [0.5, 0.6) is 0 Å². The molecule has 0 fully saturated rings. The number of pyridine rings is 1. The summed E-state index contributed by atoms with van der Waals surface area (Å²) in [6.45, 7) is 0. The van der Waals surface area contributed by atoms with Crippen LogP contribution < -0.4 is 5.43 Å². The summed E-state index contributed by atoms with van der Waals surface area (Å²) in [5, 5.41) is 3.84. The van der Waals surface area contributed by atoms with Gasteiger partial charge in [0, 0.05) is 32.7 Å². The zero-order chi connectivity index (χ0) is 26.6. The first-order valence-corrected chi connectivity index (χ1v) is 13.5. The number of rotatable bonds is 3. The highest BCUT2D eigenvalue weighted by atomic mass is 16.1. The first-order chi connectivity index (χ1) is 19.7. The van der Waals surface area contributed by atoms with Gasteiger partial charge in [-0.1, -0.05) is 84.9 Å². The maximum absolute atomic E-state index is 13.1. The lowest BCUT2D eigenvalue weighted by Gasteiger charge is -2.10. The predicted octanol–water partition coefficient (Wildman–Crippen LogP) is 9.11. The molecule has 0 bridgehead atoms. The van der Waals surface area contributed by atoms with Crippen LogP contribution in [0.25, 0.3) is 71.6 Å². The quantitative estimate of drug-likeness (QED) is 0.236. The summed E-state index contributed by atoms with van der Waals surface area (Å²) in [5.41, 5.74) is 9.85. The molecule has 188 valence electrons. The highest BCUT2D eigenvalue weighted by molar-refractivity contribution is 6.10. The second-order valence-corrected chi connectivity index (χ2v) is 10.3. The lowest BCUT2D eigenvalue weighted by Crippen LogP contribution is -2.03. The van der Waals surface area contributed by atoms with E-state index in [1.807, 2.05) is 36.4 Å². The zero-order valence-corrected chi connectivity index (χ0v) is 21.6. The molecule has 40 heavy (non-hydrogen) atoms. The third kappa shape index (κ3) is 3.49. The molecule has 0 aliphatic heterocycles. The molecule has 2 heterocycles. The van der Waals surface area contributed by atoms with Crippen molar-refractivity contribution in [2.45, 2.75) is 0 Å². The van der Waals surface area contributed by atoms with E-state index in [1.54, 1.807) is 0 Å². The molecule has 8 aromatic rings. The lowest BCUT2D eigenvalue weighted by atomic mass is 10.0. The van der Waals surface area contributed by atoms with Gasteiger partial charge in [-0.15, -0.1) is 0 Å². The SMILES string of the molecule is O=c1c2ccccc2[nH]c2cc(-c3ccc4c(c3)c3ccccc3n4-c3ccc(-c4ccccc4)cc3)ccc12. The molecule has 1 N–H and O–H groups in total. The van der Waals surface area contributed by atoms with Gasteiger partial charge in [0.15, 0.2) is 5.43 Å². The first-order valence-electron chi connectivity index (χ1n) is 13.5. The Morgan fingerprint density at radius 1 is 0.425 bits per heavy atom. The Balaban J connectivity index is 1.28. The summed E-state index contributed by atoms with van der Waals surface area (Å²) >= 11 is 0. The van der Waals surface area contributed by atoms with E-state index in [0.717, 1.165) is 33.4 Å². The number of para-hydroxylation sites is 2. The number of benzene rings is 6. The monoisotopic (exact) mass is 512 g/mol. The smallest absolute Gasteiger partial charge is 0.197 e. The Hall–Kier alpha value is -5.41. The van der Waals surface area contributed by atoms with Crippen LogP contribution in [0, 0.1) is 0 Å². The Morgan fingerprint density at radius 3 is 1.88 bits per heavy atom. The largest absolute Gasteiger partial charge is 0.354 e. The minimum absolute atomic E-state index is 0.0627. The number of H-pyrrole nitrogens is 1. The molecular formula is C37H24N2O. The summed E-state index contributed by atoms with van der Waals surface area (Å²) in [7, 11) is 0. The zero-order valence-electron chi connectivity index (χ0n) is 21.6. The van der Waals surface area contributed by atoms with E-state index >= 15 is 0 Å². The number of nitrogens with zero attached hydrogens (tertiary/aromatic N) is 1. The third-order valence-electron chi connectivity index (χ3n) is 7.94. The predicted molar refractivity (Wildman–Crippen MR) is 167 cm³/mol. The van der Waals surface area contributed by atoms with Gasteiger partial charge < -0.3 is 9.55 Å². The highest BCUT2D eigenvalue weighted by Crippen LogP contribution is 2.36. The van der Waals surface area contributed by atoms with Crippen molar-refractivity contribution in [3.05, 3.63) is 150 Å².